The van der Waals surface area contributed by atoms with E-state index in [4.69, 9.17) is 4.74 Å². The van der Waals surface area contributed by atoms with Crippen molar-refractivity contribution < 1.29 is 9.53 Å². The molecule has 2 heterocycles. The van der Waals surface area contributed by atoms with Crippen LogP contribution in [-0.4, -0.2) is 40.7 Å². The third-order valence-electron chi connectivity index (χ3n) is 3.80. The Balaban J connectivity index is 1.87. The van der Waals surface area contributed by atoms with Crippen LogP contribution in [0, 0.1) is 0 Å². The fourth-order valence-electron chi connectivity index (χ4n) is 2.66. The zero-order chi connectivity index (χ0) is 16.2. The number of ether oxygens (including phenoxy) is 1. The van der Waals surface area contributed by atoms with Gasteiger partial charge in [0.1, 0.15) is 5.60 Å². The number of nitrogens with zero attached hydrogens (tertiary/aromatic N) is 2. The van der Waals surface area contributed by atoms with Gasteiger partial charge in [-0.05, 0) is 52.7 Å². The molecule has 1 aliphatic rings. The molecule has 0 bridgehead atoms. The molecule has 1 N–H and O–H groups in total. The Kier molecular flexibility index (Phi) is 5.40. The van der Waals surface area contributed by atoms with Crippen molar-refractivity contribution in [3.05, 3.63) is 30.1 Å². The average Bonchev–Trinajstić information content (AvgIpc) is 2.92. The van der Waals surface area contributed by atoms with Crippen LogP contribution in [0.15, 0.2) is 24.4 Å². The van der Waals surface area contributed by atoms with Crippen molar-refractivity contribution in [3.63, 3.8) is 0 Å². The van der Waals surface area contributed by atoms with Crippen LogP contribution in [0.4, 0.5) is 4.79 Å². The molecule has 0 unspecified atom stereocenters. The fourth-order valence-corrected chi connectivity index (χ4v) is 2.66. The molecule has 5 heteroatoms. The van der Waals surface area contributed by atoms with Crippen molar-refractivity contribution >= 4 is 6.09 Å². The van der Waals surface area contributed by atoms with E-state index >= 15 is 0 Å². The van der Waals surface area contributed by atoms with Gasteiger partial charge in [-0.15, -0.1) is 0 Å². The monoisotopic (exact) mass is 305 g/mol. The first-order valence-corrected chi connectivity index (χ1v) is 8.01. The molecule has 0 aromatic carbocycles. The van der Waals surface area contributed by atoms with Gasteiger partial charge < -0.3 is 15.0 Å². The topological polar surface area (TPSA) is 54.5 Å². The van der Waals surface area contributed by atoms with E-state index in [-0.39, 0.29) is 18.2 Å². The van der Waals surface area contributed by atoms with E-state index in [0.29, 0.717) is 0 Å². The minimum Gasteiger partial charge on any atom is -0.444 e. The van der Waals surface area contributed by atoms with Crippen LogP contribution in [0.25, 0.3) is 0 Å². The minimum absolute atomic E-state index is 0.169. The van der Waals surface area contributed by atoms with Gasteiger partial charge in [0.2, 0.25) is 0 Å². The number of rotatable bonds is 4. The van der Waals surface area contributed by atoms with Gasteiger partial charge in [0, 0.05) is 31.4 Å². The molecule has 5 nitrogen and oxygen atoms in total. The summed E-state index contributed by atoms with van der Waals surface area (Å²) in [6.07, 6.45) is 3.64. The summed E-state index contributed by atoms with van der Waals surface area (Å²) >= 11 is 0. The third-order valence-corrected chi connectivity index (χ3v) is 3.80. The van der Waals surface area contributed by atoms with Gasteiger partial charge in [-0.2, -0.15) is 0 Å². The molecular formula is C17H27N3O2. The van der Waals surface area contributed by atoms with Gasteiger partial charge in [0.25, 0.3) is 0 Å². The number of amides is 1. The van der Waals surface area contributed by atoms with Crippen molar-refractivity contribution in [1.82, 2.24) is 15.2 Å². The Morgan fingerprint density at radius 1 is 1.50 bits per heavy atom. The van der Waals surface area contributed by atoms with E-state index in [0.717, 1.165) is 31.6 Å². The van der Waals surface area contributed by atoms with Gasteiger partial charge in [-0.1, -0.05) is 6.07 Å². The Labute approximate surface area is 133 Å². The Hall–Kier alpha value is -1.62. The molecule has 122 valence electrons. The van der Waals surface area contributed by atoms with Crippen LogP contribution in [0.1, 0.15) is 52.3 Å². The molecule has 1 fully saturated rings. The van der Waals surface area contributed by atoms with Crippen molar-refractivity contribution in [2.75, 3.05) is 13.1 Å². The highest BCUT2D eigenvalue weighted by Gasteiger charge is 2.32. The standard InChI is InChI=1S/C17H27N3O2/c1-13(15-9-5-6-10-18-15)19-12-14-8-7-11-20(14)16(21)22-17(2,3)4/h5-6,9-10,13-14,19H,7-8,11-12H2,1-4H3/t13-,14+/m1/s1. The molecule has 1 aliphatic heterocycles. The normalized spacial score (nSPS) is 20.0. The van der Waals surface area contributed by atoms with Gasteiger partial charge >= 0.3 is 6.09 Å². The number of carbonyl (C=O) groups is 1. The first-order chi connectivity index (χ1) is 10.4. The van der Waals surface area contributed by atoms with Gasteiger partial charge in [-0.3, -0.25) is 4.98 Å². The summed E-state index contributed by atoms with van der Waals surface area (Å²) in [5, 5.41) is 3.48. The lowest BCUT2D eigenvalue weighted by atomic mass is 10.1. The van der Waals surface area contributed by atoms with Gasteiger partial charge in [0.15, 0.2) is 0 Å². The van der Waals surface area contributed by atoms with Crippen LogP contribution >= 0.6 is 0 Å². The fraction of sp³-hybridized carbons (Fsp3) is 0.647. The summed E-state index contributed by atoms with van der Waals surface area (Å²) < 4.78 is 5.49. The van der Waals surface area contributed by atoms with Crippen LogP contribution < -0.4 is 5.32 Å². The molecular weight excluding hydrogens is 278 g/mol. The van der Waals surface area contributed by atoms with E-state index in [9.17, 15) is 4.79 Å². The number of likely N-dealkylation sites (tertiary alicyclic amines) is 1. The van der Waals surface area contributed by atoms with E-state index in [1.807, 2.05) is 43.9 Å². The summed E-state index contributed by atoms with van der Waals surface area (Å²) in [4.78, 5) is 18.5. The summed E-state index contributed by atoms with van der Waals surface area (Å²) in [5.74, 6) is 0. The molecule has 2 rings (SSSR count). The highest BCUT2D eigenvalue weighted by Crippen LogP contribution is 2.21. The van der Waals surface area contributed by atoms with E-state index in [1.165, 1.54) is 0 Å². The quantitative estimate of drug-likeness (QED) is 0.928. The number of hydrogen-bond donors (Lipinski definition) is 1. The van der Waals surface area contributed by atoms with Crippen molar-refractivity contribution in [2.45, 2.75) is 58.2 Å². The summed E-state index contributed by atoms with van der Waals surface area (Å²) in [6.45, 7) is 9.33. The van der Waals surface area contributed by atoms with Crippen molar-refractivity contribution in [2.24, 2.45) is 0 Å². The SMILES string of the molecule is C[C@@H](NC[C@@H]1CCCN1C(=O)OC(C)(C)C)c1ccccn1. The first-order valence-electron chi connectivity index (χ1n) is 8.01. The van der Waals surface area contributed by atoms with Crippen molar-refractivity contribution in [3.8, 4) is 0 Å². The van der Waals surface area contributed by atoms with E-state index < -0.39 is 5.60 Å². The zero-order valence-corrected chi connectivity index (χ0v) is 14.0. The maximum Gasteiger partial charge on any atom is 0.410 e. The Bertz CT molecular complexity index is 484. The van der Waals surface area contributed by atoms with Crippen LogP contribution in [0.2, 0.25) is 0 Å². The van der Waals surface area contributed by atoms with Gasteiger partial charge in [-0.25, -0.2) is 4.79 Å². The predicted octanol–water partition coefficient (Wildman–Crippen LogP) is 3.13. The maximum absolute atomic E-state index is 12.2. The molecule has 0 saturated carbocycles. The molecule has 0 spiro atoms. The minimum atomic E-state index is -0.446. The Morgan fingerprint density at radius 2 is 2.27 bits per heavy atom. The van der Waals surface area contributed by atoms with Gasteiger partial charge in [0.05, 0.1) is 5.69 Å². The lowest BCUT2D eigenvalue weighted by Gasteiger charge is -2.29. The molecule has 0 radical (unpaired) electrons. The average molecular weight is 305 g/mol. The molecule has 1 aromatic rings. The third kappa shape index (κ3) is 4.70. The number of aromatic nitrogens is 1. The second kappa shape index (κ2) is 7.09. The predicted molar refractivity (Wildman–Crippen MR) is 86.6 cm³/mol. The second-order valence-electron chi connectivity index (χ2n) is 6.85. The Morgan fingerprint density at radius 3 is 2.91 bits per heavy atom. The van der Waals surface area contributed by atoms with Crippen LogP contribution in [0.5, 0.6) is 0 Å². The number of hydrogen-bond acceptors (Lipinski definition) is 4. The first kappa shape index (κ1) is 16.7. The molecule has 1 aromatic heterocycles. The smallest absolute Gasteiger partial charge is 0.410 e. The highest BCUT2D eigenvalue weighted by atomic mass is 16.6. The summed E-state index contributed by atoms with van der Waals surface area (Å²) in [6, 6.07) is 6.28. The molecule has 1 amide bonds. The lowest BCUT2D eigenvalue weighted by Crippen LogP contribution is -2.44. The highest BCUT2D eigenvalue weighted by molar-refractivity contribution is 5.69. The molecule has 2 atom stereocenters. The maximum atomic E-state index is 12.2. The van der Waals surface area contributed by atoms with Crippen molar-refractivity contribution in [1.29, 1.82) is 0 Å². The zero-order valence-electron chi connectivity index (χ0n) is 14.0. The number of carbonyl (C=O) groups excluding carboxylic acids is 1. The second-order valence-corrected chi connectivity index (χ2v) is 6.85. The molecule has 0 aliphatic carbocycles. The lowest BCUT2D eigenvalue weighted by molar-refractivity contribution is 0.0225. The van der Waals surface area contributed by atoms with E-state index in [2.05, 4.69) is 17.2 Å². The summed E-state index contributed by atoms with van der Waals surface area (Å²) in [5.41, 5.74) is 0.572. The molecule has 22 heavy (non-hydrogen) atoms. The van der Waals surface area contributed by atoms with E-state index in [1.54, 1.807) is 6.20 Å². The number of pyridine rings is 1. The van der Waals surface area contributed by atoms with Crippen LogP contribution in [-0.2, 0) is 4.74 Å². The van der Waals surface area contributed by atoms with Crippen LogP contribution in [0.3, 0.4) is 0 Å². The summed E-state index contributed by atoms with van der Waals surface area (Å²) in [7, 11) is 0. The largest absolute Gasteiger partial charge is 0.444 e. The molecule has 1 saturated heterocycles. The number of nitrogens with one attached hydrogen (secondary N) is 1.